The summed E-state index contributed by atoms with van der Waals surface area (Å²) in [5.74, 6) is 1.78. The van der Waals surface area contributed by atoms with Crippen molar-refractivity contribution in [1.82, 2.24) is 15.6 Å². The number of aliphatic imine (C=N–C) groups is 1. The molecule has 1 aromatic rings. The molecular formula is C16H30IN5O. The Bertz CT molecular complexity index is 448. The van der Waals surface area contributed by atoms with E-state index in [-0.39, 0.29) is 30.0 Å². The summed E-state index contributed by atoms with van der Waals surface area (Å²) in [5, 5.41) is 6.55. The van der Waals surface area contributed by atoms with Crippen LogP contribution < -0.4 is 15.5 Å². The Balaban J connectivity index is 0.00000484. The summed E-state index contributed by atoms with van der Waals surface area (Å²) in [6.07, 6.45) is 1.91. The third-order valence-corrected chi connectivity index (χ3v) is 3.38. The number of hydrogen-bond acceptors (Lipinski definition) is 4. The molecule has 1 aromatic heterocycles. The normalized spacial score (nSPS) is 12.3. The van der Waals surface area contributed by atoms with Gasteiger partial charge in [0.1, 0.15) is 5.82 Å². The second-order valence-electron chi connectivity index (χ2n) is 5.12. The lowest BCUT2D eigenvalue weighted by atomic mass is 10.2. The van der Waals surface area contributed by atoms with Crippen LogP contribution in [0.25, 0.3) is 0 Å². The molecule has 0 saturated heterocycles. The van der Waals surface area contributed by atoms with Gasteiger partial charge in [0.2, 0.25) is 0 Å². The Morgan fingerprint density at radius 3 is 2.52 bits per heavy atom. The largest absolute Gasteiger partial charge is 0.383 e. The highest BCUT2D eigenvalue weighted by molar-refractivity contribution is 14.0. The van der Waals surface area contributed by atoms with Gasteiger partial charge in [-0.15, -0.1) is 24.0 Å². The van der Waals surface area contributed by atoms with E-state index < -0.39 is 0 Å². The Morgan fingerprint density at radius 2 is 2.04 bits per heavy atom. The quantitative estimate of drug-likeness (QED) is 0.373. The zero-order valence-electron chi connectivity index (χ0n) is 14.8. The van der Waals surface area contributed by atoms with Crippen LogP contribution in [0.3, 0.4) is 0 Å². The molecule has 0 aliphatic rings. The molecule has 132 valence electrons. The molecule has 23 heavy (non-hydrogen) atoms. The van der Waals surface area contributed by atoms with Gasteiger partial charge in [-0.2, -0.15) is 0 Å². The van der Waals surface area contributed by atoms with Crippen LogP contribution in [-0.2, 0) is 11.3 Å². The number of hydrogen-bond donors (Lipinski definition) is 2. The summed E-state index contributed by atoms with van der Waals surface area (Å²) in [6, 6.07) is 4.37. The maximum atomic E-state index is 5.11. The van der Waals surface area contributed by atoms with Crippen molar-refractivity contribution in [3.05, 3.63) is 23.9 Å². The van der Waals surface area contributed by atoms with Crippen molar-refractivity contribution >= 4 is 35.8 Å². The van der Waals surface area contributed by atoms with E-state index in [1.165, 1.54) is 0 Å². The molecule has 1 rings (SSSR count). The maximum absolute atomic E-state index is 5.11. The van der Waals surface area contributed by atoms with Gasteiger partial charge in [0, 0.05) is 46.0 Å². The number of halogens is 1. The number of rotatable bonds is 8. The monoisotopic (exact) mass is 435 g/mol. The Hall–Kier alpha value is -1.09. The first kappa shape index (κ1) is 21.9. The van der Waals surface area contributed by atoms with Gasteiger partial charge in [-0.05, 0) is 32.4 Å². The van der Waals surface area contributed by atoms with Crippen molar-refractivity contribution in [1.29, 1.82) is 0 Å². The summed E-state index contributed by atoms with van der Waals surface area (Å²) in [4.78, 5) is 11.0. The predicted molar refractivity (Wildman–Crippen MR) is 108 cm³/mol. The van der Waals surface area contributed by atoms with Crippen LogP contribution >= 0.6 is 24.0 Å². The van der Waals surface area contributed by atoms with Crippen molar-refractivity contribution in [2.45, 2.75) is 33.4 Å². The first-order chi connectivity index (χ1) is 10.6. The number of pyridine rings is 1. The SMILES string of the molecule is CCN(CC)c1ccc(CNC(=NC)NC(C)COC)cn1.I. The Kier molecular flexibility index (Phi) is 11.8. The van der Waals surface area contributed by atoms with E-state index in [0.29, 0.717) is 13.2 Å². The summed E-state index contributed by atoms with van der Waals surface area (Å²) < 4.78 is 5.11. The van der Waals surface area contributed by atoms with Crippen LogP contribution in [0, 0.1) is 0 Å². The lowest BCUT2D eigenvalue weighted by Gasteiger charge is -2.20. The van der Waals surface area contributed by atoms with Crippen molar-refractivity contribution < 1.29 is 4.74 Å². The van der Waals surface area contributed by atoms with Crippen LogP contribution in [0.4, 0.5) is 5.82 Å². The van der Waals surface area contributed by atoms with E-state index in [0.717, 1.165) is 30.4 Å². The number of nitrogens with one attached hydrogen (secondary N) is 2. The lowest BCUT2D eigenvalue weighted by molar-refractivity contribution is 0.179. The fourth-order valence-electron chi connectivity index (χ4n) is 2.16. The van der Waals surface area contributed by atoms with E-state index >= 15 is 0 Å². The van der Waals surface area contributed by atoms with Crippen molar-refractivity contribution in [3.63, 3.8) is 0 Å². The van der Waals surface area contributed by atoms with E-state index in [9.17, 15) is 0 Å². The molecule has 1 heterocycles. The summed E-state index contributed by atoms with van der Waals surface area (Å²) in [6.45, 7) is 9.58. The van der Waals surface area contributed by atoms with Crippen LogP contribution in [-0.4, -0.2) is 50.8 Å². The van der Waals surface area contributed by atoms with Gasteiger partial charge in [-0.1, -0.05) is 6.07 Å². The molecule has 0 fully saturated rings. The van der Waals surface area contributed by atoms with Crippen molar-refractivity contribution in [3.8, 4) is 0 Å². The summed E-state index contributed by atoms with van der Waals surface area (Å²) in [7, 11) is 3.45. The minimum Gasteiger partial charge on any atom is -0.383 e. The predicted octanol–water partition coefficient (Wildman–Crippen LogP) is 2.25. The highest BCUT2D eigenvalue weighted by Gasteiger charge is 2.06. The maximum Gasteiger partial charge on any atom is 0.191 e. The highest BCUT2D eigenvalue weighted by Crippen LogP contribution is 2.10. The fraction of sp³-hybridized carbons (Fsp3) is 0.625. The Labute approximate surface area is 157 Å². The Morgan fingerprint density at radius 1 is 1.35 bits per heavy atom. The number of aromatic nitrogens is 1. The average Bonchev–Trinajstić information content (AvgIpc) is 2.54. The standard InChI is InChI=1S/C16H29N5O.HI/c1-6-21(7-2)15-9-8-14(10-18-15)11-19-16(17-4)20-13(3)12-22-5;/h8-10,13H,6-7,11-12H2,1-5H3,(H2,17,19,20);1H. The van der Waals surface area contributed by atoms with E-state index in [1.54, 1.807) is 14.2 Å². The van der Waals surface area contributed by atoms with Gasteiger partial charge < -0.3 is 20.3 Å². The third kappa shape index (κ3) is 7.83. The molecule has 1 atom stereocenters. The van der Waals surface area contributed by atoms with Gasteiger partial charge in [-0.3, -0.25) is 4.99 Å². The summed E-state index contributed by atoms with van der Waals surface area (Å²) >= 11 is 0. The first-order valence-corrected chi connectivity index (χ1v) is 7.80. The molecule has 0 aliphatic carbocycles. The van der Waals surface area contributed by atoms with Crippen LogP contribution in [0.5, 0.6) is 0 Å². The van der Waals surface area contributed by atoms with Gasteiger partial charge in [0.15, 0.2) is 5.96 Å². The number of guanidine groups is 1. The van der Waals surface area contributed by atoms with Crippen LogP contribution in [0.2, 0.25) is 0 Å². The van der Waals surface area contributed by atoms with E-state index in [2.05, 4.69) is 58.4 Å². The minimum atomic E-state index is 0. The second kappa shape index (κ2) is 12.3. The first-order valence-electron chi connectivity index (χ1n) is 7.80. The van der Waals surface area contributed by atoms with Crippen molar-refractivity contribution in [2.24, 2.45) is 4.99 Å². The number of methoxy groups -OCH3 is 1. The number of nitrogens with zero attached hydrogens (tertiary/aromatic N) is 3. The molecule has 6 nitrogen and oxygen atoms in total. The molecule has 0 bridgehead atoms. The second-order valence-corrected chi connectivity index (χ2v) is 5.12. The van der Waals surface area contributed by atoms with Crippen molar-refractivity contribution in [2.75, 3.05) is 38.8 Å². The smallest absolute Gasteiger partial charge is 0.191 e. The van der Waals surface area contributed by atoms with E-state index in [1.807, 2.05) is 6.20 Å². The number of ether oxygens (including phenoxy) is 1. The zero-order valence-corrected chi connectivity index (χ0v) is 17.1. The average molecular weight is 435 g/mol. The molecule has 2 N–H and O–H groups in total. The molecule has 1 unspecified atom stereocenters. The highest BCUT2D eigenvalue weighted by atomic mass is 127. The van der Waals surface area contributed by atoms with Gasteiger partial charge >= 0.3 is 0 Å². The summed E-state index contributed by atoms with van der Waals surface area (Å²) in [5.41, 5.74) is 1.12. The topological polar surface area (TPSA) is 61.8 Å². The van der Waals surface area contributed by atoms with Gasteiger partial charge in [-0.25, -0.2) is 4.98 Å². The third-order valence-electron chi connectivity index (χ3n) is 3.38. The molecule has 0 saturated carbocycles. The number of anilines is 1. The van der Waals surface area contributed by atoms with Crippen LogP contribution in [0.15, 0.2) is 23.3 Å². The van der Waals surface area contributed by atoms with E-state index in [4.69, 9.17) is 4.74 Å². The van der Waals surface area contributed by atoms with Crippen LogP contribution in [0.1, 0.15) is 26.3 Å². The van der Waals surface area contributed by atoms with Gasteiger partial charge in [0.05, 0.1) is 6.61 Å². The minimum absolute atomic E-state index is 0. The zero-order chi connectivity index (χ0) is 16.4. The van der Waals surface area contributed by atoms with Gasteiger partial charge in [0.25, 0.3) is 0 Å². The molecule has 7 heteroatoms. The molecular weight excluding hydrogens is 405 g/mol. The molecule has 0 radical (unpaired) electrons. The molecule has 0 aromatic carbocycles. The fourth-order valence-corrected chi connectivity index (χ4v) is 2.16. The lowest BCUT2D eigenvalue weighted by Crippen LogP contribution is -2.43. The molecule has 0 spiro atoms. The molecule has 0 aliphatic heterocycles. The molecule has 0 amide bonds.